The van der Waals surface area contributed by atoms with Crippen LogP contribution in [0.4, 0.5) is 0 Å². The van der Waals surface area contributed by atoms with Gasteiger partial charge in [-0.1, -0.05) is 108 Å². The molecule has 0 aliphatic carbocycles. The van der Waals surface area contributed by atoms with Crippen LogP contribution in [0.3, 0.4) is 0 Å². The van der Waals surface area contributed by atoms with E-state index >= 15 is 0 Å². The monoisotopic (exact) mass is 397 g/mol. The summed E-state index contributed by atoms with van der Waals surface area (Å²) in [5.74, 6) is 1.49. The SMILES string of the molecule is CCCCCCCCCCCCCC[n+]1ccn(Cc2ccccc2)c1CCC. The summed E-state index contributed by atoms with van der Waals surface area (Å²) < 4.78 is 4.95. The van der Waals surface area contributed by atoms with E-state index in [4.69, 9.17) is 0 Å². The minimum absolute atomic E-state index is 0.988. The van der Waals surface area contributed by atoms with Crippen LogP contribution in [0.15, 0.2) is 42.7 Å². The first kappa shape index (κ1) is 23.7. The summed E-state index contributed by atoms with van der Waals surface area (Å²) in [6.45, 7) is 6.74. The van der Waals surface area contributed by atoms with E-state index < -0.39 is 0 Å². The van der Waals surface area contributed by atoms with Crippen LogP contribution in [-0.2, 0) is 19.5 Å². The molecule has 29 heavy (non-hydrogen) atoms. The van der Waals surface area contributed by atoms with Gasteiger partial charge in [0.05, 0.1) is 6.54 Å². The zero-order valence-electron chi connectivity index (χ0n) is 19.2. The van der Waals surface area contributed by atoms with E-state index in [9.17, 15) is 0 Å². The molecule has 1 aromatic heterocycles. The molecule has 1 aromatic carbocycles. The standard InChI is InChI=1S/C27H45N2/c1-3-5-6-7-8-9-10-11-12-13-14-18-22-28-23-24-29(27(28)19-4-2)25-26-20-16-15-17-21-26/h15-17,20-21,23-24H,3-14,18-19,22,25H2,1-2H3/q+1. The predicted octanol–water partition coefficient (Wildman–Crippen LogP) is 7.48. The van der Waals surface area contributed by atoms with Gasteiger partial charge in [-0.3, -0.25) is 0 Å². The van der Waals surface area contributed by atoms with Gasteiger partial charge in [0.2, 0.25) is 0 Å². The smallest absolute Gasteiger partial charge is 0.234 e. The predicted molar refractivity (Wildman–Crippen MR) is 125 cm³/mol. The van der Waals surface area contributed by atoms with Gasteiger partial charge in [0.25, 0.3) is 5.82 Å². The number of aromatic nitrogens is 2. The topological polar surface area (TPSA) is 8.81 Å². The molecule has 0 amide bonds. The van der Waals surface area contributed by atoms with Crippen LogP contribution in [-0.4, -0.2) is 4.57 Å². The summed E-state index contributed by atoms with van der Waals surface area (Å²) in [6.07, 6.45) is 23.9. The second-order valence-electron chi connectivity index (χ2n) is 8.66. The van der Waals surface area contributed by atoms with Crippen LogP contribution in [0.1, 0.15) is 109 Å². The van der Waals surface area contributed by atoms with Gasteiger partial charge in [-0.05, 0) is 24.8 Å². The van der Waals surface area contributed by atoms with Crippen LogP contribution in [0, 0.1) is 0 Å². The molecule has 0 aliphatic rings. The molecule has 2 nitrogen and oxygen atoms in total. The number of benzene rings is 1. The number of unbranched alkanes of at least 4 members (excludes halogenated alkanes) is 11. The summed E-state index contributed by atoms with van der Waals surface area (Å²) in [5, 5.41) is 0. The first-order valence-corrected chi connectivity index (χ1v) is 12.5. The number of hydrogen-bond acceptors (Lipinski definition) is 0. The Morgan fingerprint density at radius 3 is 1.86 bits per heavy atom. The normalized spacial score (nSPS) is 11.2. The van der Waals surface area contributed by atoms with Crippen molar-refractivity contribution in [2.75, 3.05) is 0 Å². The van der Waals surface area contributed by atoms with Gasteiger partial charge >= 0.3 is 0 Å². The third kappa shape index (κ3) is 9.65. The van der Waals surface area contributed by atoms with E-state index in [1.807, 2.05) is 0 Å². The van der Waals surface area contributed by atoms with Crippen LogP contribution in [0.5, 0.6) is 0 Å². The summed E-state index contributed by atoms with van der Waals surface area (Å²) in [7, 11) is 0. The van der Waals surface area contributed by atoms with Crippen molar-refractivity contribution >= 4 is 0 Å². The molecule has 0 saturated heterocycles. The van der Waals surface area contributed by atoms with Crippen molar-refractivity contribution in [3.05, 3.63) is 54.1 Å². The lowest BCUT2D eigenvalue weighted by Crippen LogP contribution is -2.37. The average molecular weight is 398 g/mol. The Balaban J connectivity index is 1.61. The van der Waals surface area contributed by atoms with Crippen LogP contribution < -0.4 is 4.57 Å². The molecule has 2 rings (SSSR count). The third-order valence-corrected chi connectivity index (χ3v) is 6.01. The highest BCUT2D eigenvalue weighted by Crippen LogP contribution is 2.12. The second-order valence-corrected chi connectivity index (χ2v) is 8.66. The van der Waals surface area contributed by atoms with Gasteiger partial charge in [0.15, 0.2) is 0 Å². The van der Waals surface area contributed by atoms with E-state index in [-0.39, 0.29) is 0 Å². The molecule has 1 heterocycles. The molecule has 0 unspecified atom stereocenters. The fourth-order valence-electron chi connectivity index (χ4n) is 4.26. The van der Waals surface area contributed by atoms with Crippen molar-refractivity contribution in [2.24, 2.45) is 0 Å². The van der Waals surface area contributed by atoms with Gasteiger partial charge in [0.1, 0.15) is 18.9 Å². The molecule has 0 radical (unpaired) electrons. The molecular formula is C27H45N2+. The van der Waals surface area contributed by atoms with Crippen LogP contribution >= 0.6 is 0 Å². The average Bonchev–Trinajstić information content (AvgIpc) is 3.11. The van der Waals surface area contributed by atoms with Crippen molar-refractivity contribution in [2.45, 2.75) is 117 Å². The second kappa shape index (κ2) is 15.3. The molecule has 162 valence electrons. The molecular weight excluding hydrogens is 352 g/mol. The van der Waals surface area contributed by atoms with Crippen molar-refractivity contribution in [3.63, 3.8) is 0 Å². The van der Waals surface area contributed by atoms with Crippen molar-refractivity contribution in [3.8, 4) is 0 Å². The van der Waals surface area contributed by atoms with Gasteiger partial charge in [-0.25, -0.2) is 9.13 Å². The van der Waals surface area contributed by atoms with E-state index in [2.05, 4.69) is 65.7 Å². The first-order chi connectivity index (χ1) is 14.3. The highest BCUT2D eigenvalue weighted by Gasteiger charge is 2.16. The fraction of sp³-hybridized carbons (Fsp3) is 0.667. The Bertz CT molecular complexity index is 629. The molecule has 0 spiro atoms. The van der Waals surface area contributed by atoms with Crippen LogP contribution in [0.2, 0.25) is 0 Å². The Labute approximate surface area is 180 Å². The van der Waals surface area contributed by atoms with Crippen molar-refractivity contribution < 1.29 is 4.57 Å². The first-order valence-electron chi connectivity index (χ1n) is 12.5. The summed E-state index contributed by atoms with van der Waals surface area (Å²) in [6, 6.07) is 10.8. The molecule has 0 fully saturated rings. The van der Waals surface area contributed by atoms with Crippen molar-refractivity contribution in [1.29, 1.82) is 0 Å². The quantitative estimate of drug-likeness (QED) is 0.193. The molecule has 0 aliphatic heterocycles. The molecule has 0 saturated carbocycles. The number of nitrogens with zero attached hydrogens (tertiary/aromatic N) is 2. The Morgan fingerprint density at radius 2 is 1.28 bits per heavy atom. The van der Waals surface area contributed by atoms with Gasteiger partial charge in [-0.2, -0.15) is 0 Å². The summed E-state index contributed by atoms with van der Waals surface area (Å²) in [5.41, 5.74) is 1.39. The van der Waals surface area contributed by atoms with Gasteiger partial charge in [-0.15, -0.1) is 0 Å². The van der Waals surface area contributed by atoms with Gasteiger partial charge in [0, 0.05) is 6.42 Å². The molecule has 2 heteroatoms. The maximum absolute atomic E-state index is 2.50. The Hall–Kier alpha value is -1.57. The lowest BCUT2D eigenvalue weighted by molar-refractivity contribution is -0.704. The molecule has 2 aromatic rings. The zero-order valence-corrected chi connectivity index (χ0v) is 19.2. The van der Waals surface area contributed by atoms with Crippen molar-refractivity contribution in [1.82, 2.24) is 4.57 Å². The molecule has 0 atom stereocenters. The number of hydrogen-bond donors (Lipinski definition) is 0. The Kier molecular flexibility index (Phi) is 12.5. The number of rotatable bonds is 17. The minimum atomic E-state index is 0.988. The molecule has 0 bridgehead atoms. The third-order valence-electron chi connectivity index (χ3n) is 6.01. The van der Waals surface area contributed by atoms with E-state index in [0.717, 1.165) is 13.0 Å². The lowest BCUT2D eigenvalue weighted by Gasteiger charge is -2.05. The maximum atomic E-state index is 2.50. The number of aryl methyl sites for hydroxylation is 1. The number of imidazole rings is 1. The van der Waals surface area contributed by atoms with Gasteiger partial charge < -0.3 is 0 Å². The summed E-state index contributed by atoms with van der Waals surface area (Å²) in [4.78, 5) is 0. The summed E-state index contributed by atoms with van der Waals surface area (Å²) >= 11 is 0. The lowest BCUT2D eigenvalue weighted by atomic mass is 10.1. The van der Waals surface area contributed by atoms with E-state index in [0.29, 0.717) is 0 Å². The Morgan fingerprint density at radius 1 is 0.690 bits per heavy atom. The molecule has 0 N–H and O–H groups in total. The van der Waals surface area contributed by atoms with E-state index in [1.165, 1.54) is 101 Å². The highest BCUT2D eigenvalue weighted by molar-refractivity contribution is 5.15. The fourth-order valence-corrected chi connectivity index (χ4v) is 4.26. The maximum Gasteiger partial charge on any atom is 0.256 e. The minimum Gasteiger partial charge on any atom is -0.234 e. The zero-order chi connectivity index (χ0) is 20.6. The highest BCUT2D eigenvalue weighted by atomic mass is 15.1. The van der Waals surface area contributed by atoms with Crippen LogP contribution in [0.25, 0.3) is 0 Å². The van der Waals surface area contributed by atoms with E-state index in [1.54, 1.807) is 0 Å². The largest absolute Gasteiger partial charge is 0.256 e.